The molecule has 0 saturated carbocycles. The minimum absolute atomic E-state index is 0.0159. The molecule has 0 fully saturated rings. The van der Waals surface area contributed by atoms with E-state index < -0.39 is 0 Å². The summed E-state index contributed by atoms with van der Waals surface area (Å²) in [4.78, 5) is 16.1. The van der Waals surface area contributed by atoms with Gasteiger partial charge in [0.2, 0.25) is 0 Å². The van der Waals surface area contributed by atoms with Gasteiger partial charge in [0.15, 0.2) is 0 Å². The summed E-state index contributed by atoms with van der Waals surface area (Å²) >= 11 is 0. The minimum atomic E-state index is -0.146. The van der Waals surface area contributed by atoms with E-state index in [4.69, 9.17) is 0 Å². The van der Waals surface area contributed by atoms with Crippen molar-refractivity contribution in [2.24, 2.45) is 7.05 Å². The average Bonchev–Trinajstić information content (AvgIpc) is 2.77. The molecule has 5 nitrogen and oxygen atoms in total. The van der Waals surface area contributed by atoms with Crippen LogP contribution in [0.3, 0.4) is 0 Å². The molecule has 0 aromatic carbocycles. The number of aryl methyl sites for hydroxylation is 2. The molecule has 0 aliphatic carbocycles. The lowest BCUT2D eigenvalue weighted by molar-refractivity contribution is 0.0929. The van der Waals surface area contributed by atoms with Crippen LogP contribution in [0.2, 0.25) is 0 Å². The fourth-order valence-electron chi connectivity index (χ4n) is 1.92. The third-order valence-corrected chi connectivity index (χ3v) is 3.17. The monoisotopic (exact) mass is 258 g/mol. The van der Waals surface area contributed by atoms with Crippen molar-refractivity contribution in [3.8, 4) is 0 Å². The summed E-state index contributed by atoms with van der Waals surface area (Å²) in [6.45, 7) is 3.96. The fourth-order valence-corrected chi connectivity index (χ4v) is 1.92. The predicted molar refractivity (Wildman–Crippen MR) is 72.7 cm³/mol. The molecule has 0 radical (unpaired) electrons. The first kappa shape index (κ1) is 13.3. The molecule has 2 aromatic heterocycles. The van der Waals surface area contributed by atoms with Crippen molar-refractivity contribution >= 4 is 5.91 Å². The minimum Gasteiger partial charge on any atom is -0.344 e. The Bertz CT molecular complexity index is 543. The molecular formula is C14H18N4O. The summed E-state index contributed by atoms with van der Waals surface area (Å²) < 4.78 is 1.70. The largest absolute Gasteiger partial charge is 0.344 e. The van der Waals surface area contributed by atoms with Crippen LogP contribution in [0.4, 0.5) is 0 Å². The van der Waals surface area contributed by atoms with Gasteiger partial charge >= 0.3 is 0 Å². The van der Waals surface area contributed by atoms with Crippen LogP contribution in [0.25, 0.3) is 0 Å². The molecule has 1 atom stereocenters. The molecule has 2 heterocycles. The van der Waals surface area contributed by atoms with Gasteiger partial charge < -0.3 is 5.32 Å². The van der Waals surface area contributed by atoms with E-state index in [0.717, 1.165) is 17.7 Å². The lowest BCUT2D eigenvalue weighted by atomic mass is 10.1. The molecule has 2 rings (SSSR count). The highest BCUT2D eigenvalue weighted by atomic mass is 16.2. The normalized spacial score (nSPS) is 12.2. The van der Waals surface area contributed by atoms with Crippen LogP contribution in [0.15, 0.2) is 30.6 Å². The van der Waals surface area contributed by atoms with Crippen molar-refractivity contribution in [2.75, 3.05) is 0 Å². The van der Waals surface area contributed by atoms with Crippen molar-refractivity contribution in [1.82, 2.24) is 20.1 Å². The van der Waals surface area contributed by atoms with Crippen molar-refractivity contribution < 1.29 is 4.79 Å². The van der Waals surface area contributed by atoms with E-state index >= 15 is 0 Å². The molecule has 1 amide bonds. The van der Waals surface area contributed by atoms with Crippen LogP contribution in [0.5, 0.6) is 0 Å². The Morgan fingerprint density at radius 3 is 2.63 bits per heavy atom. The molecule has 2 aromatic rings. The van der Waals surface area contributed by atoms with Crippen molar-refractivity contribution in [1.29, 1.82) is 0 Å². The number of hydrogen-bond donors (Lipinski definition) is 1. The van der Waals surface area contributed by atoms with Crippen LogP contribution in [0, 0.1) is 6.92 Å². The number of nitrogens with zero attached hydrogens (tertiary/aromatic N) is 3. The quantitative estimate of drug-likeness (QED) is 0.912. The SMILES string of the molecule is CC[C@H](NC(=O)c1cc(C)n(C)n1)c1ccncc1. The number of aromatic nitrogens is 3. The Morgan fingerprint density at radius 1 is 1.42 bits per heavy atom. The summed E-state index contributed by atoms with van der Waals surface area (Å²) in [5.74, 6) is -0.146. The van der Waals surface area contributed by atoms with Gasteiger partial charge in [0.1, 0.15) is 5.69 Å². The number of rotatable bonds is 4. The fraction of sp³-hybridized carbons (Fsp3) is 0.357. The average molecular weight is 258 g/mol. The Kier molecular flexibility index (Phi) is 3.94. The van der Waals surface area contributed by atoms with Crippen LogP contribution in [0.1, 0.15) is 41.1 Å². The molecule has 5 heteroatoms. The highest BCUT2D eigenvalue weighted by Gasteiger charge is 2.16. The van der Waals surface area contributed by atoms with E-state index in [-0.39, 0.29) is 11.9 Å². The van der Waals surface area contributed by atoms with E-state index in [9.17, 15) is 4.79 Å². The highest BCUT2D eigenvalue weighted by molar-refractivity contribution is 5.92. The highest BCUT2D eigenvalue weighted by Crippen LogP contribution is 2.16. The zero-order valence-corrected chi connectivity index (χ0v) is 11.4. The Labute approximate surface area is 112 Å². The summed E-state index contributed by atoms with van der Waals surface area (Å²) in [5.41, 5.74) is 2.47. The van der Waals surface area contributed by atoms with Gasteiger partial charge in [-0.15, -0.1) is 0 Å². The van der Waals surface area contributed by atoms with Gasteiger partial charge in [-0.1, -0.05) is 6.92 Å². The van der Waals surface area contributed by atoms with Gasteiger partial charge in [-0.2, -0.15) is 5.10 Å². The third-order valence-electron chi connectivity index (χ3n) is 3.17. The summed E-state index contributed by atoms with van der Waals surface area (Å²) in [5, 5.41) is 7.18. The lowest BCUT2D eigenvalue weighted by Crippen LogP contribution is -2.28. The van der Waals surface area contributed by atoms with Crippen LogP contribution in [-0.2, 0) is 7.05 Å². The van der Waals surface area contributed by atoms with Gasteiger partial charge in [-0.25, -0.2) is 0 Å². The predicted octanol–water partition coefficient (Wildman–Crippen LogP) is 2.00. The zero-order valence-electron chi connectivity index (χ0n) is 11.4. The Hall–Kier alpha value is -2.17. The first-order chi connectivity index (χ1) is 9.11. The standard InChI is InChI=1S/C14H18N4O/c1-4-12(11-5-7-15-8-6-11)16-14(19)13-9-10(2)18(3)17-13/h5-9,12H,4H2,1-3H3,(H,16,19)/t12-/m0/s1. The summed E-state index contributed by atoms with van der Waals surface area (Å²) in [6.07, 6.45) is 4.28. The number of amides is 1. The zero-order chi connectivity index (χ0) is 13.8. The molecule has 100 valence electrons. The van der Waals surface area contributed by atoms with E-state index in [0.29, 0.717) is 5.69 Å². The van der Waals surface area contributed by atoms with Crippen LogP contribution < -0.4 is 5.32 Å². The van der Waals surface area contributed by atoms with Gasteiger partial charge in [0.25, 0.3) is 5.91 Å². The van der Waals surface area contributed by atoms with Crippen molar-refractivity contribution in [3.63, 3.8) is 0 Å². The first-order valence-electron chi connectivity index (χ1n) is 6.33. The molecular weight excluding hydrogens is 240 g/mol. The van der Waals surface area contributed by atoms with Gasteiger partial charge in [0.05, 0.1) is 6.04 Å². The van der Waals surface area contributed by atoms with Gasteiger partial charge in [0, 0.05) is 25.1 Å². The van der Waals surface area contributed by atoms with E-state index in [1.807, 2.05) is 33.0 Å². The summed E-state index contributed by atoms with van der Waals surface area (Å²) in [7, 11) is 1.83. The number of pyridine rings is 1. The lowest BCUT2D eigenvalue weighted by Gasteiger charge is -2.16. The van der Waals surface area contributed by atoms with E-state index in [1.54, 1.807) is 23.1 Å². The second-order valence-corrected chi connectivity index (χ2v) is 4.51. The molecule has 0 aliphatic heterocycles. The van der Waals surface area contributed by atoms with Gasteiger partial charge in [-0.3, -0.25) is 14.5 Å². The molecule has 1 N–H and O–H groups in total. The Balaban J connectivity index is 2.13. The Morgan fingerprint density at radius 2 is 2.11 bits per heavy atom. The summed E-state index contributed by atoms with van der Waals surface area (Å²) in [6, 6.07) is 5.60. The van der Waals surface area contributed by atoms with Gasteiger partial charge in [-0.05, 0) is 37.1 Å². The number of carbonyl (C=O) groups is 1. The number of nitrogens with one attached hydrogen (secondary N) is 1. The topological polar surface area (TPSA) is 59.8 Å². The van der Waals surface area contributed by atoms with Crippen LogP contribution in [-0.4, -0.2) is 20.7 Å². The maximum Gasteiger partial charge on any atom is 0.272 e. The van der Waals surface area contributed by atoms with Crippen molar-refractivity contribution in [2.45, 2.75) is 26.3 Å². The molecule has 0 spiro atoms. The molecule has 0 saturated heterocycles. The second kappa shape index (κ2) is 5.65. The van der Waals surface area contributed by atoms with E-state index in [1.165, 1.54) is 0 Å². The number of carbonyl (C=O) groups excluding carboxylic acids is 1. The smallest absolute Gasteiger partial charge is 0.272 e. The first-order valence-corrected chi connectivity index (χ1v) is 6.33. The van der Waals surface area contributed by atoms with E-state index in [2.05, 4.69) is 15.4 Å². The molecule has 0 bridgehead atoms. The van der Waals surface area contributed by atoms with Crippen LogP contribution >= 0.6 is 0 Å². The maximum absolute atomic E-state index is 12.2. The number of hydrogen-bond acceptors (Lipinski definition) is 3. The van der Waals surface area contributed by atoms with Crippen molar-refractivity contribution in [3.05, 3.63) is 47.5 Å². The molecule has 19 heavy (non-hydrogen) atoms. The molecule has 0 unspecified atom stereocenters. The maximum atomic E-state index is 12.2. The second-order valence-electron chi connectivity index (χ2n) is 4.51. The third kappa shape index (κ3) is 2.99. The molecule has 0 aliphatic rings.